The Bertz CT molecular complexity index is 1150. The van der Waals surface area contributed by atoms with Crippen molar-refractivity contribution in [3.8, 4) is 0 Å². The second kappa shape index (κ2) is 8.45. The number of rotatable bonds is 9. The predicted molar refractivity (Wildman–Crippen MR) is 108 cm³/mol. The number of nitrogen functional groups attached to an aromatic ring is 1. The average molecular weight is 456 g/mol. The predicted octanol–water partition coefficient (Wildman–Crippen LogP) is 2.45. The summed E-state index contributed by atoms with van der Waals surface area (Å²) in [6, 6.07) is 5.04. The van der Waals surface area contributed by atoms with Crippen molar-refractivity contribution in [1.29, 1.82) is 0 Å². The Morgan fingerprint density at radius 2 is 1.94 bits per heavy atom. The quantitative estimate of drug-likeness (QED) is 0.559. The molecule has 1 aromatic heterocycles. The molecule has 0 radical (unpaired) electrons. The van der Waals surface area contributed by atoms with Crippen molar-refractivity contribution in [2.75, 3.05) is 25.3 Å². The molecule has 4 rings (SSSR count). The molecule has 1 fully saturated rings. The lowest BCUT2D eigenvalue weighted by Crippen LogP contribution is -2.46. The second-order valence-electron chi connectivity index (χ2n) is 7.05. The van der Waals surface area contributed by atoms with E-state index in [4.69, 9.17) is 27.6 Å². The Morgan fingerprint density at radius 1 is 1.29 bits per heavy atom. The van der Waals surface area contributed by atoms with E-state index in [1.54, 1.807) is 0 Å². The van der Waals surface area contributed by atoms with Crippen LogP contribution in [0.4, 0.5) is 14.6 Å². The van der Waals surface area contributed by atoms with Crippen molar-refractivity contribution < 1.29 is 28.6 Å². The maximum Gasteiger partial charge on any atom is 0.278 e. The lowest BCUT2D eigenvalue weighted by molar-refractivity contribution is -0.0258. The van der Waals surface area contributed by atoms with E-state index in [2.05, 4.69) is 10.2 Å². The fourth-order valence-electron chi connectivity index (χ4n) is 2.96. The molecule has 0 bridgehead atoms. The van der Waals surface area contributed by atoms with Gasteiger partial charge in [0, 0.05) is 8.30 Å². The molecule has 11 heteroatoms. The summed E-state index contributed by atoms with van der Waals surface area (Å²) in [6.45, 7) is -8.19. The summed E-state index contributed by atoms with van der Waals surface area (Å²) in [5.41, 5.74) is 5.11. The first-order valence-corrected chi connectivity index (χ1v) is 9.69. The molecule has 1 atom stereocenters. The number of anilines is 1. The van der Waals surface area contributed by atoms with Gasteiger partial charge >= 0.3 is 0 Å². The van der Waals surface area contributed by atoms with Crippen LogP contribution in [0.2, 0.25) is 5.15 Å². The molecule has 3 N–H and O–H groups in total. The van der Waals surface area contributed by atoms with Crippen LogP contribution in [0.5, 0.6) is 0 Å². The third kappa shape index (κ3) is 4.81. The number of alkyl halides is 2. The number of fused-ring (bicyclic) bond motifs is 1. The molecule has 2 amide bonds. The molecule has 0 spiro atoms. The molecule has 1 aliphatic carbocycles. The van der Waals surface area contributed by atoms with Crippen molar-refractivity contribution in [1.82, 2.24) is 20.4 Å². The van der Waals surface area contributed by atoms with Gasteiger partial charge in [0.25, 0.3) is 17.7 Å². The van der Waals surface area contributed by atoms with Gasteiger partial charge in [0.1, 0.15) is 5.82 Å². The van der Waals surface area contributed by atoms with Crippen molar-refractivity contribution >= 4 is 29.2 Å². The van der Waals surface area contributed by atoms with Crippen LogP contribution in [0, 0.1) is 0 Å². The zero-order chi connectivity index (χ0) is 25.8. The average Bonchev–Trinajstić information content (AvgIpc) is 3.58. The van der Waals surface area contributed by atoms with Gasteiger partial charge in [0.05, 0.1) is 45.6 Å². The van der Waals surface area contributed by atoms with Gasteiger partial charge in [-0.05, 0) is 31.0 Å². The minimum Gasteiger partial charge on any atom is -0.382 e. The number of hydrogen-bond donors (Lipinski definition) is 2. The molecule has 2 aromatic rings. The fourth-order valence-corrected chi connectivity index (χ4v) is 3.19. The van der Waals surface area contributed by atoms with Gasteiger partial charge in [-0.3, -0.25) is 14.5 Å². The summed E-state index contributed by atoms with van der Waals surface area (Å²) in [7, 11) is 0. The number of benzene rings is 1. The summed E-state index contributed by atoms with van der Waals surface area (Å²) in [4.78, 5) is 25.1. The van der Waals surface area contributed by atoms with Crippen LogP contribution in [0.25, 0.3) is 0 Å². The minimum atomic E-state index is -4.94. The summed E-state index contributed by atoms with van der Waals surface area (Å²) in [5, 5.41) is 8.94. The molecule has 1 aromatic carbocycles. The minimum absolute atomic E-state index is 0.000725. The third-order valence-electron chi connectivity index (χ3n) is 4.64. The zero-order valence-corrected chi connectivity index (χ0v) is 16.7. The second-order valence-corrected chi connectivity index (χ2v) is 7.41. The first-order chi connectivity index (χ1) is 16.3. The number of nitrogens with zero attached hydrogens (tertiary/aromatic N) is 3. The largest absolute Gasteiger partial charge is 0.382 e. The standard InChI is InChI=1S/C20H20ClF2N5O3/c21-17-14(7-16(24)26-27-17)15(8-31-11-5-6-11)25-9-20(22,23)10-28-18(29)12-3-1-2-4-13(12)19(28)30/h1-4,7,11,15,25H,5-6,8-10H2,(H2,24,26)/t15-/m1/s1/i9D2,10D2. The number of nitrogens with one attached hydrogen (secondary N) is 1. The Balaban J connectivity index is 1.66. The number of carbonyl (C=O) groups is 2. The zero-order valence-electron chi connectivity index (χ0n) is 19.9. The van der Waals surface area contributed by atoms with Crippen molar-refractivity contribution in [2.24, 2.45) is 0 Å². The lowest BCUT2D eigenvalue weighted by atomic mass is 10.1. The number of hydrogen-bond acceptors (Lipinski definition) is 7. The van der Waals surface area contributed by atoms with Crippen LogP contribution in [0.15, 0.2) is 30.3 Å². The summed E-state index contributed by atoms with van der Waals surface area (Å²) in [6.07, 6.45) is 1.34. The Morgan fingerprint density at radius 3 is 2.55 bits per heavy atom. The number of carbonyl (C=O) groups excluding carboxylic acids is 2. The van der Waals surface area contributed by atoms with E-state index in [0.717, 1.165) is 12.8 Å². The molecule has 2 aliphatic rings. The van der Waals surface area contributed by atoms with Crippen LogP contribution >= 0.6 is 11.6 Å². The number of nitrogens with two attached hydrogens (primary N) is 1. The summed E-state index contributed by atoms with van der Waals surface area (Å²) >= 11 is 6.04. The van der Waals surface area contributed by atoms with Gasteiger partial charge in [0.15, 0.2) is 5.15 Å². The summed E-state index contributed by atoms with van der Waals surface area (Å²) < 4.78 is 69.0. The normalized spacial score (nSPS) is 20.0. The van der Waals surface area contributed by atoms with Gasteiger partial charge in [-0.25, -0.2) is 8.78 Å². The highest BCUT2D eigenvalue weighted by Gasteiger charge is 2.42. The Hall–Kier alpha value is -2.69. The van der Waals surface area contributed by atoms with E-state index >= 15 is 8.78 Å². The Kier molecular flexibility index (Phi) is 4.61. The molecule has 2 heterocycles. The molecular formula is C20H20ClF2N5O3. The SMILES string of the molecule is [2H]C([2H])(N[C@H](COC1CC1)c1cc(N)nnc1Cl)C(F)(F)C([2H])([2H])N1C(=O)c2ccccc2C1=O. The molecule has 31 heavy (non-hydrogen) atoms. The van der Waals surface area contributed by atoms with E-state index in [-0.39, 0.29) is 45.3 Å². The van der Waals surface area contributed by atoms with E-state index in [1.807, 2.05) is 5.32 Å². The van der Waals surface area contributed by atoms with Gasteiger partial charge in [-0.2, -0.15) is 0 Å². The number of imide groups is 1. The number of aromatic nitrogens is 2. The third-order valence-corrected chi connectivity index (χ3v) is 4.94. The molecule has 1 saturated carbocycles. The highest BCUT2D eigenvalue weighted by atomic mass is 35.5. The van der Waals surface area contributed by atoms with Gasteiger partial charge < -0.3 is 15.8 Å². The van der Waals surface area contributed by atoms with Crippen molar-refractivity contribution in [3.05, 3.63) is 52.2 Å². The van der Waals surface area contributed by atoms with Crippen molar-refractivity contribution in [2.45, 2.75) is 30.9 Å². The highest BCUT2D eigenvalue weighted by molar-refractivity contribution is 6.30. The molecule has 1 aliphatic heterocycles. The topological polar surface area (TPSA) is 110 Å². The highest BCUT2D eigenvalue weighted by Crippen LogP contribution is 2.29. The van der Waals surface area contributed by atoms with E-state index < -0.39 is 36.8 Å². The van der Waals surface area contributed by atoms with Crippen LogP contribution in [0.1, 0.15) is 50.6 Å². The fraction of sp³-hybridized carbons (Fsp3) is 0.400. The first-order valence-electron chi connectivity index (χ1n) is 11.3. The van der Waals surface area contributed by atoms with Crippen LogP contribution in [-0.2, 0) is 4.74 Å². The van der Waals surface area contributed by atoms with Gasteiger partial charge in [-0.1, -0.05) is 23.7 Å². The molecule has 8 nitrogen and oxygen atoms in total. The maximum absolute atomic E-state index is 15.6. The number of amides is 2. The summed E-state index contributed by atoms with van der Waals surface area (Å²) in [5.74, 6) is -7.65. The molecule has 0 unspecified atom stereocenters. The maximum atomic E-state index is 15.6. The first kappa shape index (κ1) is 16.9. The van der Waals surface area contributed by atoms with Crippen LogP contribution in [-0.4, -0.2) is 58.5 Å². The molecule has 164 valence electrons. The number of halogens is 3. The number of ether oxygens (including phenoxy) is 1. The smallest absolute Gasteiger partial charge is 0.278 e. The monoisotopic (exact) mass is 455 g/mol. The molecule has 0 saturated heterocycles. The van der Waals surface area contributed by atoms with Crippen molar-refractivity contribution in [3.63, 3.8) is 0 Å². The molecular weight excluding hydrogens is 432 g/mol. The van der Waals surface area contributed by atoms with Crippen LogP contribution < -0.4 is 11.1 Å². The van der Waals surface area contributed by atoms with Crippen LogP contribution in [0.3, 0.4) is 0 Å². The van der Waals surface area contributed by atoms with E-state index in [1.165, 1.54) is 30.3 Å². The van der Waals surface area contributed by atoms with E-state index in [9.17, 15) is 9.59 Å². The lowest BCUT2D eigenvalue weighted by Gasteiger charge is -2.26. The Labute approximate surface area is 187 Å². The van der Waals surface area contributed by atoms with E-state index in [0.29, 0.717) is 0 Å². The van der Waals surface area contributed by atoms with Gasteiger partial charge in [-0.15, -0.1) is 10.2 Å². The van der Waals surface area contributed by atoms with Gasteiger partial charge in [0.2, 0.25) is 0 Å².